The normalized spacial score (nSPS) is 9.74. The first-order chi connectivity index (χ1) is 10.6. The molecule has 0 N–H and O–H groups in total. The Bertz CT molecular complexity index is 590. The Labute approximate surface area is 147 Å². The number of carboxylic acids is 2. The number of rotatable bonds is 4. The van der Waals surface area contributed by atoms with Gasteiger partial charge in [0.15, 0.2) is 0 Å². The molecule has 2 aromatic carbocycles. The fourth-order valence-electron chi connectivity index (χ4n) is 1.46. The molecule has 0 spiro atoms. The fraction of sp³-hybridized carbons (Fsp3) is 0. The first-order valence-electron chi connectivity index (χ1n) is 6.46. The molecule has 23 heavy (non-hydrogen) atoms. The van der Waals surface area contributed by atoms with Crippen LogP contribution in [0.1, 0.15) is 11.1 Å². The van der Waals surface area contributed by atoms with E-state index in [4.69, 9.17) is 0 Å². The molecule has 112 valence electrons. The van der Waals surface area contributed by atoms with Crippen molar-refractivity contribution in [2.75, 3.05) is 0 Å². The van der Waals surface area contributed by atoms with Crippen molar-refractivity contribution in [3.63, 3.8) is 0 Å². The molecular formula is C18H14O4Zn. The summed E-state index contributed by atoms with van der Waals surface area (Å²) < 4.78 is 0. The molecule has 2 aromatic rings. The average Bonchev–Trinajstić information content (AvgIpc) is 2.53. The summed E-state index contributed by atoms with van der Waals surface area (Å²) >= 11 is 0. The Balaban J connectivity index is 0.000000403. The molecule has 0 aliphatic carbocycles. The molecule has 0 heterocycles. The van der Waals surface area contributed by atoms with Crippen LogP contribution in [0.4, 0.5) is 0 Å². The van der Waals surface area contributed by atoms with E-state index in [1.54, 1.807) is 0 Å². The van der Waals surface area contributed by atoms with Crippen LogP contribution >= 0.6 is 0 Å². The van der Waals surface area contributed by atoms with Crippen LogP contribution < -0.4 is 10.2 Å². The Morgan fingerprint density at radius 1 is 0.652 bits per heavy atom. The molecule has 0 aliphatic heterocycles. The Morgan fingerprint density at radius 2 is 0.957 bits per heavy atom. The third kappa shape index (κ3) is 10.8. The maximum absolute atomic E-state index is 9.97. The zero-order valence-corrected chi connectivity index (χ0v) is 15.4. The molecule has 0 radical (unpaired) electrons. The molecule has 0 saturated heterocycles. The van der Waals surface area contributed by atoms with Crippen LogP contribution in [0.3, 0.4) is 0 Å². The molecule has 0 fully saturated rings. The summed E-state index contributed by atoms with van der Waals surface area (Å²) in [7, 11) is 0. The zero-order valence-electron chi connectivity index (χ0n) is 12.4. The average molecular weight is 360 g/mol. The molecule has 0 amide bonds. The predicted octanol–water partition coefficient (Wildman–Crippen LogP) is 0.897. The number of hydrogen-bond donors (Lipinski definition) is 0. The van der Waals surface area contributed by atoms with Crippen LogP contribution in [0.15, 0.2) is 72.8 Å². The van der Waals surface area contributed by atoms with Crippen LogP contribution in [0.25, 0.3) is 12.2 Å². The quantitative estimate of drug-likeness (QED) is 0.600. The Kier molecular flexibility index (Phi) is 10.7. The van der Waals surface area contributed by atoms with Gasteiger partial charge >= 0.3 is 19.5 Å². The van der Waals surface area contributed by atoms with Crippen LogP contribution in [0.5, 0.6) is 0 Å². The monoisotopic (exact) mass is 358 g/mol. The van der Waals surface area contributed by atoms with Crippen molar-refractivity contribution in [3.05, 3.63) is 83.9 Å². The summed E-state index contributed by atoms with van der Waals surface area (Å²) in [5, 5.41) is 19.9. The van der Waals surface area contributed by atoms with Gasteiger partial charge in [-0.1, -0.05) is 72.8 Å². The second-order valence-electron chi connectivity index (χ2n) is 4.13. The number of benzene rings is 2. The minimum absolute atomic E-state index is 0. The third-order valence-corrected chi connectivity index (χ3v) is 2.42. The smallest absolute Gasteiger partial charge is 0.545 e. The van der Waals surface area contributed by atoms with E-state index in [0.717, 1.165) is 23.3 Å². The molecule has 0 aromatic heterocycles. The molecule has 0 unspecified atom stereocenters. The number of aliphatic carboxylic acids is 2. The Hall–Kier alpha value is -2.52. The summed E-state index contributed by atoms with van der Waals surface area (Å²) in [5.74, 6) is -2.34. The van der Waals surface area contributed by atoms with Crippen LogP contribution in [0, 0.1) is 0 Å². The zero-order chi connectivity index (χ0) is 16.2. The van der Waals surface area contributed by atoms with E-state index in [1.807, 2.05) is 60.7 Å². The molecular weight excluding hydrogens is 346 g/mol. The van der Waals surface area contributed by atoms with Gasteiger partial charge in [0.05, 0.1) is 11.9 Å². The summed E-state index contributed by atoms with van der Waals surface area (Å²) in [5.41, 5.74) is 1.72. The molecule has 5 heteroatoms. The van der Waals surface area contributed by atoms with Gasteiger partial charge in [-0.3, -0.25) is 0 Å². The molecule has 0 aliphatic rings. The second-order valence-corrected chi connectivity index (χ2v) is 4.13. The summed E-state index contributed by atoms with van der Waals surface area (Å²) in [6, 6.07) is 18.4. The van der Waals surface area contributed by atoms with Crippen LogP contribution in [0.2, 0.25) is 0 Å². The molecule has 2 rings (SSSR count). The van der Waals surface area contributed by atoms with E-state index in [9.17, 15) is 19.8 Å². The van der Waals surface area contributed by atoms with Crippen LogP contribution in [-0.2, 0) is 29.1 Å². The largest absolute Gasteiger partial charge is 2.00 e. The van der Waals surface area contributed by atoms with Gasteiger partial charge in [0.1, 0.15) is 0 Å². The van der Waals surface area contributed by atoms with Crippen molar-refractivity contribution in [1.29, 1.82) is 0 Å². The maximum Gasteiger partial charge on any atom is 2.00 e. The third-order valence-electron chi connectivity index (χ3n) is 2.42. The predicted molar refractivity (Wildman–Crippen MR) is 81.0 cm³/mol. The molecule has 0 saturated carbocycles. The van der Waals surface area contributed by atoms with Crippen molar-refractivity contribution < 1.29 is 39.3 Å². The van der Waals surface area contributed by atoms with Crippen molar-refractivity contribution in [2.24, 2.45) is 0 Å². The van der Waals surface area contributed by atoms with E-state index < -0.39 is 11.9 Å². The van der Waals surface area contributed by atoms with Gasteiger partial charge in [0.25, 0.3) is 0 Å². The van der Waals surface area contributed by atoms with Crippen molar-refractivity contribution >= 4 is 24.1 Å². The number of carbonyl (C=O) groups excluding carboxylic acids is 2. The summed E-state index contributed by atoms with van der Waals surface area (Å²) in [6.45, 7) is 0. The maximum atomic E-state index is 9.97. The van der Waals surface area contributed by atoms with Gasteiger partial charge in [-0.25, -0.2) is 0 Å². The van der Waals surface area contributed by atoms with E-state index in [-0.39, 0.29) is 19.5 Å². The number of carboxylic acid groups (broad SMARTS) is 2. The van der Waals surface area contributed by atoms with Crippen LogP contribution in [-0.4, -0.2) is 11.9 Å². The second kappa shape index (κ2) is 12.1. The van der Waals surface area contributed by atoms with E-state index in [2.05, 4.69) is 0 Å². The van der Waals surface area contributed by atoms with Gasteiger partial charge < -0.3 is 19.8 Å². The van der Waals surface area contributed by atoms with Crippen molar-refractivity contribution in [1.82, 2.24) is 0 Å². The first kappa shape index (κ1) is 20.5. The van der Waals surface area contributed by atoms with Crippen molar-refractivity contribution in [2.45, 2.75) is 0 Å². The topological polar surface area (TPSA) is 80.3 Å². The number of hydrogen-bond acceptors (Lipinski definition) is 4. The van der Waals surface area contributed by atoms with Gasteiger partial charge in [0.2, 0.25) is 0 Å². The van der Waals surface area contributed by atoms with E-state index in [1.165, 1.54) is 12.2 Å². The van der Waals surface area contributed by atoms with Gasteiger partial charge in [-0.2, -0.15) is 0 Å². The number of carbonyl (C=O) groups is 2. The first-order valence-corrected chi connectivity index (χ1v) is 6.46. The minimum Gasteiger partial charge on any atom is -0.545 e. The molecule has 0 bridgehead atoms. The van der Waals surface area contributed by atoms with E-state index >= 15 is 0 Å². The summed E-state index contributed by atoms with van der Waals surface area (Å²) in [4.78, 5) is 19.9. The van der Waals surface area contributed by atoms with Crippen molar-refractivity contribution in [3.8, 4) is 0 Å². The standard InChI is InChI=1S/2C9H8O2.Zn/c2*10-9(11)7-6-8-4-2-1-3-5-8;/h2*1-7H,(H,10,11);/q;;+2/p-2. The fourth-order valence-corrected chi connectivity index (χ4v) is 1.46. The SMILES string of the molecule is O=C([O-])C=Cc1ccccc1.O=C([O-])C=Cc1ccccc1.[Zn+2]. The molecule has 4 nitrogen and oxygen atoms in total. The minimum atomic E-state index is -1.17. The van der Waals surface area contributed by atoms with Gasteiger partial charge in [0, 0.05) is 0 Å². The molecule has 0 atom stereocenters. The van der Waals surface area contributed by atoms with Gasteiger partial charge in [-0.15, -0.1) is 0 Å². The summed E-state index contributed by atoms with van der Waals surface area (Å²) in [6.07, 6.45) is 5.01. The Morgan fingerprint density at radius 3 is 1.22 bits per heavy atom. The van der Waals surface area contributed by atoms with Gasteiger partial charge in [-0.05, 0) is 23.3 Å². The van der Waals surface area contributed by atoms with E-state index in [0.29, 0.717) is 0 Å².